The second-order valence-corrected chi connectivity index (χ2v) is 8.05. The maximum atomic E-state index is 12.5. The van der Waals surface area contributed by atoms with Crippen LogP contribution < -0.4 is 10.5 Å². The minimum absolute atomic E-state index is 0.0163. The maximum absolute atomic E-state index is 12.5. The van der Waals surface area contributed by atoms with Crippen molar-refractivity contribution in [3.05, 3.63) is 44.0 Å². The van der Waals surface area contributed by atoms with E-state index in [1.807, 2.05) is 0 Å². The van der Waals surface area contributed by atoms with Gasteiger partial charge in [0.2, 0.25) is 5.95 Å². The van der Waals surface area contributed by atoms with E-state index in [4.69, 9.17) is 9.72 Å². The molecular weight excluding hydrogens is 336 g/mol. The molecular formula is C18H24N4O2S. The van der Waals surface area contributed by atoms with E-state index >= 15 is 0 Å². The summed E-state index contributed by atoms with van der Waals surface area (Å²) >= 11 is 1.78. The van der Waals surface area contributed by atoms with Crippen LogP contribution >= 0.6 is 11.3 Å². The van der Waals surface area contributed by atoms with Crippen LogP contribution in [0.25, 0.3) is 0 Å². The van der Waals surface area contributed by atoms with Crippen molar-refractivity contribution in [1.29, 1.82) is 0 Å². The SMILES string of the molecule is CC1CN(c2nc3c(c(=O)[nH]2)CCN(Cc2cccs2)C3)CC(C)O1. The lowest BCUT2D eigenvalue weighted by Crippen LogP contribution is -2.47. The first-order valence-electron chi connectivity index (χ1n) is 8.85. The average molecular weight is 360 g/mol. The average Bonchev–Trinajstić information content (AvgIpc) is 3.06. The van der Waals surface area contributed by atoms with Crippen LogP contribution in [0.5, 0.6) is 0 Å². The molecule has 2 aromatic heterocycles. The number of ether oxygens (including phenoxy) is 1. The Morgan fingerprint density at radius 3 is 2.88 bits per heavy atom. The van der Waals surface area contributed by atoms with Crippen LogP contribution in [0.4, 0.5) is 5.95 Å². The number of hydrogen-bond donors (Lipinski definition) is 1. The van der Waals surface area contributed by atoms with E-state index in [-0.39, 0.29) is 17.8 Å². The van der Waals surface area contributed by atoms with E-state index < -0.39 is 0 Å². The van der Waals surface area contributed by atoms with Crippen LogP contribution in [0.3, 0.4) is 0 Å². The summed E-state index contributed by atoms with van der Waals surface area (Å²) < 4.78 is 5.79. The molecule has 6 nitrogen and oxygen atoms in total. The Morgan fingerprint density at radius 1 is 1.36 bits per heavy atom. The molecule has 2 aromatic rings. The smallest absolute Gasteiger partial charge is 0.255 e. The second kappa shape index (κ2) is 6.90. The summed E-state index contributed by atoms with van der Waals surface area (Å²) in [6, 6.07) is 4.24. The predicted octanol–water partition coefficient (Wildman–Crippen LogP) is 2.00. The summed E-state index contributed by atoms with van der Waals surface area (Å²) in [7, 11) is 0. The van der Waals surface area contributed by atoms with E-state index in [2.05, 4.69) is 46.1 Å². The molecule has 0 amide bonds. The van der Waals surface area contributed by atoms with E-state index in [0.29, 0.717) is 5.95 Å². The van der Waals surface area contributed by atoms with Gasteiger partial charge < -0.3 is 9.64 Å². The highest BCUT2D eigenvalue weighted by molar-refractivity contribution is 7.09. The molecule has 1 fully saturated rings. The third kappa shape index (κ3) is 3.63. The van der Waals surface area contributed by atoms with Crippen molar-refractivity contribution in [2.75, 3.05) is 24.5 Å². The van der Waals surface area contributed by atoms with Crippen LogP contribution in [0.15, 0.2) is 22.3 Å². The van der Waals surface area contributed by atoms with Crippen molar-refractivity contribution in [3.63, 3.8) is 0 Å². The fourth-order valence-corrected chi connectivity index (χ4v) is 4.49. The van der Waals surface area contributed by atoms with Gasteiger partial charge in [-0.05, 0) is 31.7 Å². The van der Waals surface area contributed by atoms with Crippen molar-refractivity contribution >= 4 is 17.3 Å². The summed E-state index contributed by atoms with van der Waals surface area (Å²) in [5, 5.41) is 2.11. The summed E-state index contributed by atoms with van der Waals surface area (Å²) in [6.07, 6.45) is 1.04. The molecule has 134 valence electrons. The lowest BCUT2D eigenvalue weighted by atomic mass is 10.1. The number of morpholine rings is 1. The number of aromatic nitrogens is 2. The van der Waals surface area contributed by atoms with Gasteiger partial charge in [-0.1, -0.05) is 6.07 Å². The van der Waals surface area contributed by atoms with Gasteiger partial charge in [0, 0.05) is 43.2 Å². The number of rotatable bonds is 3. The third-order valence-electron chi connectivity index (χ3n) is 4.82. The summed E-state index contributed by atoms with van der Waals surface area (Å²) in [6.45, 7) is 8.19. The molecule has 7 heteroatoms. The summed E-state index contributed by atoms with van der Waals surface area (Å²) in [5.41, 5.74) is 1.79. The molecule has 0 saturated carbocycles. The standard InChI is InChI=1S/C18H24N4O2S/c1-12-8-22(9-13(2)24-12)18-19-16-11-21(10-14-4-3-7-25-14)6-5-15(16)17(23)20-18/h3-4,7,12-13H,5-6,8-11H2,1-2H3,(H,19,20,23). The van der Waals surface area contributed by atoms with Crippen LogP contribution in [0, 0.1) is 0 Å². The molecule has 2 atom stereocenters. The largest absolute Gasteiger partial charge is 0.372 e. The van der Waals surface area contributed by atoms with Crippen molar-refractivity contribution in [2.24, 2.45) is 0 Å². The van der Waals surface area contributed by atoms with Gasteiger partial charge in [-0.3, -0.25) is 14.7 Å². The van der Waals surface area contributed by atoms with Crippen molar-refractivity contribution in [3.8, 4) is 0 Å². The Morgan fingerprint density at radius 2 is 2.16 bits per heavy atom. The number of H-pyrrole nitrogens is 1. The number of anilines is 1. The van der Waals surface area contributed by atoms with Crippen LogP contribution in [0.2, 0.25) is 0 Å². The third-order valence-corrected chi connectivity index (χ3v) is 5.68. The van der Waals surface area contributed by atoms with Gasteiger partial charge in [0.1, 0.15) is 0 Å². The highest BCUT2D eigenvalue weighted by Gasteiger charge is 2.27. The van der Waals surface area contributed by atoms with Crippen LogP contribution in [0.1, 0.15) is 30.0 Å². The lowest BCUT2D eigenvalue weighted by Gasteiger charge is -2.36. The van der Waals surface area contributed by atoms with Gasteiger partial charge in [-0.25, -0.2) is 4.98 Å². The Kier molecular flexibility index (Phi) is 4.62. The van der Waals surface area contributed by atoms with Crippen LogP contribution in [-0.4, -0.2) is 46.7 Å². The molecule has 0 radical (unpaired) electrons. The molecule has 25 heavy (non-hydrogen) atoms. The minimum atomic E-state index is 0.0163. The van der Waals surface area contributed by atoms with E-state index in [1.165, 1.54) is 4.88 Å². The molecule has 1 saturated heterocycles. The molecule has 2 aliphatic heterocycles. The quantitative estimate of drug-likeness (QED) is 0.907. The number of thiophene rings is 1. The molecule has 0 aromatic carbocycles. The molecule has 0 spiro atoms. The van der Waals surface area contributed by atoms with Crippen molar-refractivity contribution < 1.29 is 4.74 Å². The van der Waals surface area contributed by atoms with E-state index in [1.54, 1.807) is 11.3 Å². The van der Waals surface area contributed by atoms with Gasteiger partial charge >= 0.3 is 0 Å². The number of nitrogens with one attached hydrogen (secondary N) is 1. The first-order valence-corrected chi connectivity index (χ1v) is 9.73. The Balaban J connectivity index is 1.56. The Labute approximate surface area is 151 Å². The molecule has 2 unspecified atom stereocenters. The zero-order chi connectivity index (χ0) is 17.4. The monoisotopic (exact) mass is 360 g/mol. The van der Waals surface area contributed by atoms with Gasteiger partial charge in [-0.15, -0.1) is 11.3 Å². The Hall–Kier alpha value is -1.70. The van der Waals surface area contributed by atoms with Gasteiger partial charge in [-0.2, -0.15) is 0 Å². The molecule has 4 heterocycles. The number of aromatic amines is 1. The normalized spacial score (nSPS) is 24.3. The maximum Gasteiger partial charge on any atom is 0.255 e. The van der Waals surface area contributed by atoms with E-state index in [0.717, 1.165) is 50.4 Å². The first kappa shape index (κ1) is 16.8. The topological polar surface area (TPSA) is 61.5 Å². The first-order chi connectivity index (χ1) is 12.1. The number of fused-ring (bicyclic) bond motifs is 1. The molecule has 1 N–H and O–H groups in total. The molecule has 4 rings (SSSR count). The second-order valence-electron chi connectivity index (χ2n) is 7.02. The molecule has 0 bridgehead atoms. The molecule has 0 aliphatic carbocycles. The van der Waals surface area contributed by atoms with Gasteiger partial charge in [0.25, 0.3) is 5.56 Å². The van der Waals surface area contributed by atoms with Gasteiger partial charge in [0.15, 0.2) is 0 Å². The number of nitrogens with zero attached hydrogens (tertiary/aromatic N) is 3. The zero-order valence-electron chi connectivity index (χ0n) is 14.7. The highest BCUT2D eigenvalue weighted by Crippen LogP contribution is 2.21. The highest BCUT2D eigenvalue weighted by atomic mass is 32.1. The van der Waals surface area contributed by atoms with Crippen LogP contribution in [-0.2, 0) is 24.2 Å². The van der Waals surface area contributed by atoms with Crippen molar-refractivity contribution in [1.82, 2.24) is 14.9 Å². The minimum Gasteiger partial charge on any atom is -0.372 e. The Bertz CT molecular complexity index is 779. The summed E-state index contributed by atoms with van der Waals surface area (Å²) in [5.74, 6) is 0.684. The summed E-state index contributed by atoms with van der Waals surface area (Å²) in [4.78, 5) is 26.2. The fraction of sp³-hybridized carbons (Fsp3) is 0.556. The van der Waals surface area contributed by atoms with Crippen molar-refractivity contribution in [2.45, 2.75) is 45.6 Å². The lowest BCUT2D eigenvalue weighted by molar-refractivity contribution is -0.00576. The fourth-order valence-electron chi connectivity index (χ4n) is 3.74. The molecule has 2 aliphatic rings. The van der Waals surface area contributed by atoms with Gasteiger partial charge in [0.05, 0.1) is 17.9 Å². The number of hydrogen-bond acceptors (Lipinski definition) is 6. The van der Waals surface area contributed by atoms with E-state index in [9.17, 15) is 4.79 Å². The zero-order valence-corrected chi connectivity index (χ0v) is 15.5. The predicted molar refractivity (Wildman–Crippen MR) is 99.2 cm³/mol.